The SMILES string of the molecule is COc1c(Cl)cc2c(c1C1(C(=O)O)CCC1)OCCO2. The normalized spacial score (nSPS) is 19.1. The number of halogens is 1. The van der Waals surface area contributed by atoms with Gasteiger partial charge in [-0.05, 0) is 12.8 Å². The minimum atomic E-state index is -0.985. The van der Waals surface area contributed by atoms with Crippen molar-refractivity contribution in [3.8, 4) is 17.2 Å². The number of carboxylic acids is 1. The van der Waals surface area contributed by atoms with E-state index in [2.05, 4.69) is 0 Å². The highest BCUT2D eigenvalue weighted by atomic mass is 35.5. The standard InChI is InChI=1S/C14H15ClO5/c1-18-11-8(15)7-9-12(20-6-5-19-9)10(11)14(13(16)17)3-2-4-14/h7H,2-6H2,1H3,(H,16,17). The molecule has 0 radical (unpaired) electrons. The van der Waals surface area contributed by atoms with Crippen LogP contribution in [0, 0.1) is 0 Å². The number of aliphatic carboxylic acids is 1. The van der Waals surface area contributed by atoms with Crippen LogP contribution in [0.15, 0.2) is 6.07 Å². The molecule has 1 heterocycles. The first-order valence-electron chi connectivity index (χ1n) is 6.50. The number of fused-ring (bicyclic) bond motifs is 1. The van der Waals surface area contributed by atoms with Crippen LogP contribution in [0.4, 0.5) is 0 Å². The van der Waals surface area contributed by atoms with Crippen LogP contribution in [0.5, 0.6) is 17.2 Å². The number of hydrogen-bond donors (Lipinski definition) is 1. The van der Waals surface area contributed by atoms with Gasteiger partial charge in [-0.15, -0.1) is 0 Å². The quantitative estimate of drug-likeness (QED) is 0.929. The Morgan fingerprint density at radius 3 is 2.65 bits per heavy atom. The van der Waals surface area contributed by atoms with Gasteiger partial charge in [-0.3, -0.25) is 4.79 Å². The van der Waals surface area contributed by atoms with Crippen molar-refractivity contribution >= 4 is 17.6 Å². The molecule has 6 heteroatoms. The van der Waals surface area contributed by atoms with Crippen LogP contribution in [0.3, 0.4) is 0 Å². The van der Waals surface area contributed by atoms with E-state index in [1.807, 2.05) is 0 Å². The van der Waals surface area contributed by atoms with Crippen LogP contribution in [-0.4, -0.2) is 31.4 Å². The third-order valence-electron chi connectivity index (χ3n) is 4.04. The number of benzene rings is 1. The number of carboxylic acid groups (broad SMARTS) is 1. The molecule has 1 fully saturated rings. The molecular weight excluding hydrogens is 284 g/mol. The number of methoxy groups -OCH3 is 1. The monoisotopic (exact) mass is 298 g/mol. The van der Waals surface area contributed by atoms with Crippen molar-refractivity contribution in [1.29, 1.82) is 0 Å². The summed E-state index contributed by atoms with van der Waals surface area (Å²) >= 11 is 6.20. The van der Waals surface area contributed by atoms with Gasteiger partial charge in [0, 0.05) is 6.07 Å². The van der Waals surface area contributed by atoms with Gasteiger partial charge in [0.1, 0.15) is 24.4 Å². The van der Waals surface area contributed by atoms with E-state index in [1.54, 1.807) is 6.07 Å². The van der Waals surface area contributed by atoms with Crippen molar-refractivity contribution in [3.63, 3.8) is 0 Å². The molecule has 1 aliphatic carbocycles. The molecule has 0 aromatic heterocycles. The summed E-state index contributed by atoms with van der Waals surface area (Å²) in [5, 5.41) is 10.0. The van der Waals surface area contributed by atoms with Crippen LogP contribution in [0.25, 0.3) is 0 Å². The van der Waals surface area contributed by atoms with E-state index in [4.69, 9.17) is 25.8 Å². The molecule has 3 rings (SSSR count). The Bertz CT molecular complexity index is 565. The van der Waals surface area contributed by atoms with Gasteiger partial charge in [0.05, 0.1) is 17.7 Å². The average Bonchev–Trinajstić information content (AvgIpc) is 2.36. The van der Waals surface area contributed by atoms with Gasteiger partial charge in [0.25, 0.3) is 0 Å². The van der Waals surface area contributed by atoms with Crippen molar-refractivity contribution in [2.24, 2.45) is 0 Å². The molecule has 0 unspecified atom stereocenters. The van der Waals surface area contributed by atoms with Crippen molar-refractivity contribution in [2.45, 2.75) is 24.7 Å². The molecule has 0 atom stereocenters. The summed E-state index contributed by atoms with van der Waals surface area (Å²) in [5.74, 6) is 0.447. The van der Waals surface area contributed by atoms with Gasteiger partial charge < -0.3 is 19.3 Å². The maximum absolute atomic E-state index is 11.8. The van der Waals surface area contributed by atoms with Crippen molar-refractivity contribution in [1.82, 2.24) is 0 Å². The second-order valence-electron chi connectivity index (χ2n) is 5.03. The summed E-state index contributed by atoms with van der Waals surface area (Å²) < 4.78 is 16.5. The topological polar surface area (TPSA) is 65.0 Å². The van der Waals surface area contributed by atoms with Gasteiger partial charge in [-0.25, -0.2) is 0 Å². The fourth-order valence-corrected chi connectivity index (χ4v) is 3.14. The van der Waals surface area contributed by atoms with Gasteiger partial charge >= 0.3 is 5.97 Å². The van der Waals surface area contributed by atoms with Crippen molar-refractivity contribution in [3.05, 3.63) is 16.7 Å². The van der Waals surface area contributed by atoms with E-state index in [0.717, 1.165) is 6.42 Å². The highest BCUT2D eigenvalue weighted by Gasteiger charge is 2.51. The molecule has 1 aliphatic heterocycles. The highest BCUT2D eigenvalue weighted by molar-refractivity contribution is 6.32. The predicted molar refractivity (Wildman–Crippen MR) is 72.2 cm³/mol. The minimum absolute atomic E-state index is 0.347. The predicted octanol–water partition coefficient (Wildman–Crippen LogP) is 2.63. The molecule has 0 spiro atoms. The van der Waals surface area contributed by atoms with E-state index in [0.29, 0.717) is 53.9 Å². The van der Waals surface area contributed by atoms with E-state index in [-0.39, 0.29) is 0 Å². The zero-order chi connectivity index (χ0) is 14.3. The molecule has 2 aliphatic rings. The second-order valence-corrected chi connectivity index (χ2v) is 5.44. The first-order valence-corrected chi connectivity index (χ1v) is 6.88. The molecule has 0 amide bonds. The molecule has 5 nitrogen and oxygen atoms in total. The molecular formula is C14H15ClO5. The van der Waals surface area contributed by atoms with Crippen molar-refractivity contribution in [2.75, 3.05) is 20.3 Å². The highest BCUT2D eigenvalue weighted by Crippen LogP contribution is 2.56. The molecule has 0 bridgehead atoms. The zero-order valence-electron chi connectivity index (χ0n) is 11.1. The third-order valence-corrected chi connectivity index (χ3v) is 4.32. The van der Waals surface area contributed by atoms with Gasteiger partial charge in [0.15, 0.2) is 11.5 Å². The van der Waals surface area contributed by atoms with Gasteiger partial charge in [0.2, 0.25) is 0 Å². The number of hydrogen-bond acceptors (Lipinski definition) is 4. The Kier molecular flexibility index (Phi) is 3.17. The summed E-state index contributed by atoms with van der Waals surface area (Å²) in [7, 11) is 1.48. The van der Waals surface area contributed by atoms with Crippen LogP contribution in [0.2, 0.25) is 5.02 Å². The van der Waals surface area contributed by atoms with Crippen LogP contribution in [0.1, 0.15) is 24.8 Å². The fraction of sp³-hybridized carbons (Fsp3) is 0.500. The molecule has 108 valence electrons. The summed E-state index contributed by atoms with van der Waals surface area (Å²) in [6, 6.07) is 1.62. The third kappa shape index (κ3) is 1.73. The largest absolute Gasteiger partial charge is 0.495 e. The lowest BCUT2D eigenvalue weighted by atomic mass is 9.64. The van der Waals surface area contributed by atoms with E-state index in [1.165, 1.54) is 7.11 Å². The van der Waals surface area contributed by atoms with Crippen LogP contribution in [-0.2, 0) is 10.2 Å². The van der Waals surface area contributed by atoms with Gasteiger partial charge in [-0.1, -0.05) is 18.0 Å². The van der Waals surface area contributed by atoms with E-state index < -0.39 is 11.4 Å². The minimum Gasteiger partial charge on any atom is -0.495 e. The first kappa shape index (κ1) is 13.4. The Morgan fingerprint density at radius 2 is 2.10 bits per heavy atom. The van der Waals surface area contributed by atoms with E-state index >= 15 is 0 Å². The summed E-state index contributed by atoms with van der Waals surface area (Å²) in [4.78, 5) is 11.8. The lowest BCUT2D eigenvalue weighted by Crippen LogP contribution is -2.43. The maximum Gasteiger partial charge on any atom is 0.314 e. The second kappa shape index (κ2) is 4.74. The van der Waals surface area contributed by atoms with Crippen LogP contribution < -0.4 is 14.2 Å². The number of rotatable bonds is 3. The Labute approximate surface area is 121 Å². The summed E-state index contributed by atoms with van der Waals surface area (Å²) in [6.07, 6.45) is 1.96. The molecule has 1 saturated carbocycles. The molecule has 1 N–H and O–H groups in total. The molecule has 0 saturated heterocycles. The first-order chi connectivity index (χ1) is 9.60. The Hall–Kier alpha value is -1.62. The molecule has 1 aromatic rings. The maximum atomic E-state index is 11.8. The molecule has 20 heavy (non-hydrogen) atoms. The summed E-state index contributed by atoms with van der Waals surface area (Å²) in [5.41, 5.74) is -0.470. The van der Waals surface area contributed by atoms with Gasteiger partial charge in [-0.2, -0.15) is 0 Å². The Balaban J connectivity index is 2.26. The van der Waals surface area contributed by atoms with Crippen molar-refractivity contribution < 1.29 is 24.1 Å². The lowest BCUT2D eigenvalue weighted by molar-refractivity contribution is -0.147. The average molecular weight is 299 g/mol. The number of ether oxygens (including phenoxy) is 3. The molecule has 1 aromatic carbocycles. The smallest absolute Gasteiger partial charge is 0.314 e. The Morgan fingerprint density at radius 1 is 1.40 bits per heavy atom. The summed E-state index contributed by atoms with van der Waals surface area (Å²) in [6.45, 7) is 0.815. The van der Waals surface area contributed by atoms with E-state index in [9.17, 15) is 9.90 Å². The number of carbonyl (C=O) groups is 1. The lowest BCUT2D eigenvalue weighted by Gasteiger charge is -2.40. The van der Waals surface area contributed by atoms with Crippen LogP contribution >= 0.6 is 11.6 Å². The zero-order valence-corrected chi connectivity index (χ0v) is 11.8. The fourth-order valence-electron chi connectivity index (χ4n) is 2.87.